The van der Waals surface area contributed by atoms with Gasteiger partial charge in [-0.25, -0.2) is 0 Å². The van der Waals surface area contributed by atoms with Gasteiger partial charge in [0.1, 0.15) is 11.5 Å². The Morgan fingerprint density at radius 1 is 1.17 bits per heavy atom. The van der Waals surface area contributed by atoms with Crippen LogP contribution in [-0.2, 0) is 9.59 Å². The predicted molar refractivity (Wildman–Crippen MR) is 110 cm³/mol. The van der Waals surface area contributed by atoms with Crippen LogP contribution in [0.2, 0.25) is 0 Å². The van der Waals surface area contributed by atoms with E-state index < -0.39 is 0 Å². The lowest BCUT2D eigenvalue weighted by Gasteiger charge is -2.28. The molecule has 2 atom stereocenters. The van der Waals surface area contributed by atoms with Crippen molar-refractivity contribution >= 4 is 17.5 Å². The van der Waals surface area contributed by atoms with Gasteiger partial charge in [0, 0.05) is 24.9 Å². The number of ether oxygens (including phenoxy) is 2. The Morgan fingerprint density at radius 3 is 2.72 bits per heavy atom. The molecule has 4 rings (SSSR count). The molecule has 0 aliphatic carbocycles. The van der Waals surface area contributed by atoms with Gasteiger partial charge in [0.25, 0.3) is 0 Å². The molecule has 0 aromatic heterocycles. The normalized spacial score (nSPS) is 20.8. The molecule has 2 aromatic carbocycles. The zero-order chi connectivity index (χ0) is 20.5. The van der Waals surface area contributed by atoms with Gasteiger partial charge in [-0.2, -0.15) is 0 Å². The average Bonchev–Trinajstić information content (AvgIpc) is 3.10. The van der Waals surface area contributed by atoms with Gasteiger partial charge in [0.15, 0.2) is 0 Å². The Hall–Kier alpha value is -3.02. The van der Waals surface area contributed by atoms with Crippen molar-refractivity contribution in [3.8, 4) is 11.5 Å². The van der Waals surface area contributed by atoms with Gasteiger partial charge in [-0.15, -0.1) is 0 Å². The van der Waals surface area contributed by atoms with Crippen molar-refractivity contribution in [1.82, 2.24) is 5.32 Å². The van der Waals surface area contributed by atoms with E-state index in [9.17, 15) is 9.59 Å². The minimum atomic E-state index is -0.385. The highest BCUT2D eigenvalue weighted by Crippen LogP contribution is 2.36. The van der Waals surface area contributed by atoms with Gasteiger partial charge in [0.05, 0.1) is 31.4 Å². The zero-order valence-electron chi connectivity index (χ0n) is 17.0. The Bertz CT molecular complexity index is 956. The molecule has 29 heavy (non-hydrogen) atoms. The summed E-state index contributed by atoms with van der Waals surface area (Å²) in [6.07, 6.45) is 0.922. The van der Waals surface area contributed by atoms with E-state index in [2.05, 4.69) is 11.4 Å². The predicted octanol–water partition coefficient (Wildman–Crippen LogP) is 3.30. The summed E-state index contributed by atoms with van der Waals surface area (Å²) in [4.78, 5) is 27.3. The van der Waals surface area contributed by atoms with Crippen LogP contribution in [0.5, 0.6) is 11.5 Å². The molecule has 1 saturated heterocycles. The minimum Gasteiger partial charge on any atom is -0.495 e. The molecule has 2 aliphatic heterocycles. The van der Waals surface area contributed by atoms with Gasteiger partial charge in [-0.3, -0.25) is 9.59 Å². The number of hydrogen-bond donors (Lipinski definition) is 1. The second kappa shape index (κ2) is 7.78. The fourth-order valence-electron chi connectivity index (χ4n) is 4.08. The summed E-state index contributed by atoms with van der Waals surface area (Å²) >= 11 is 0. The van der Waals surface area contributed by atoms with Gasteiger partial charge in [0.2, 0.25) is 11.8 Å². The number of amides is 2. The van der Waals surface area contributed by atoms with Crippen molar-refractivity contribution in [2.24, 2.45) is 5.92 Å². The average molecular weight is 394 g/mol. The summed E-state index contributed by atoms with van der Waals surface area (Å²) in [6.45, 7) is 4.92. The maximum absolute atomic E-state index is 13.0. The SMILES string of the molecule is COc1ccc(C)cc1N1CC(C(=O)NC2CCOc3ccc(C)cc32)CC1=O. The summed E-state index contributed by atoms with van der Waals surface area (Å²) in [6, 6.07) is 11.6. The molecule has 2 unspecified atom stereocenters. The first-order valence-corrected chi connectivity index (χ1v) is 9.95. The van der Waals surface area contributed by atoms with Crippen LogP contribution in [0.3, 0.4) is 0 Å². The molecule has 0 saturated carbocycles. The molecule has 152 valence electrons. The molecule has 1 fully saturated rings. The summed E-state index contributed by atoms with van der Waals surface area (Å²) in [5.74, 6) is 0.924. The third-order valence-electron chi connectivity index (χ3n) is 5.64. The number of aryl methyl sites for hydroxylation is 2. The van der Waals surface area contributed by atoms with E-state index in [0.717, 1.165) is 34.5 Å². The minimum absolute atomic E-state index is 0.0581. The van der Waals surface area contributed by atoms with E-state index >= 15 is 0 Å². The summed E-state index contributed by atoms with van der Waals surface area (Å²) in [5.41, 5.74) is 3.89. The molecule has 2 aromatic rings. The lowest BCUT2D eigenvalue weighted by Crippen LogP contribution is -2.37. The van der Waals surface area contributed by atoms with Crippen LogP contribution < -0.4 is 19.7 Å². The summed E-state index contributed by atoms with van der Waals surface area (Å²) in [7, 11) is 1.59. The van der Waals surface area contributed by atoms with E-state index in [-0.39, 0.29) is 30.2 Å². The third kappa shape index (κ3) is 3.79. The van der Waals surface area contributed by atoms with Gasteiger partial charge >= 0.3 is 0 Å². The molecular formula is C23H26N2O4. The highest BCUT2D eigenvalue weighted by Gasteiger charge is 2.37. The quantitative estimate of drug-likeness (QED) is 0.864. The van der Waals surface area contributed by atoms with Crippen molar-refractivity contribution in [3.05, 3.63) is 53.1 Å². The first kappa shape index (κ1) is 19.3. The highest BCUT2D eigenvalue weighted by atomic mass is 16.5. The van der Waals surface area contributed by atoms with Crippen LogP contribution in [0.4, 0.5) is 5.69 Å². The van der Waals surface area contributed by atoms with Crippen LogP contribution in [0, 0.1) is 19.8 Å². The van der Waals surface area contributed by atoms with Gasteiger partial charge < -0.3 is 19.7 Å². The van der Waals surface area contributed by atoms with E-state index in [0.29, 0.717) is 18.9 Å². The fraction of sp³-hybridized carbons (Fsp3) is 0.391. The van der Waals surface area contributed by atoms with Crippen molar-refractivity contribution in [3.63, 3.8) is 0 Å². The van der Waals surface area contributed by atoms with Gasteiger partial charge in [-0.05, 0) is 37.6 Å². The Balaban J connectivity index is 1.50. The molecule has 2 heterocycles. The fourth-order valence-corrected chi connectivity index (χ4v) is 4.08. The van der Waals surface area contributed by atoms with E-state index in [1.165, 1.54) is 0 Å². The summed E-state index contributed by atoms with van der Waals surface area (Å²) in [5, 5.41) is 3.15. The largest absolute Gasteiger partial charge is 0.495 e. The Labute approximate surface area is 170 Å². The maximum atomic E-state index is 13.0. The maximum Gasteiger partial charge on any atom is 0.227 e. The highest BCUT2D eigenvalue weighted by molar-refractivity contribution is 6.01. The smallest absolute Gasteiger partial charge is 0.227 e. The molecule has 6 heteroatoms. The standard InChI is InChI=1S/C23H26N2O4/c1-14-4-6-20-17(10-14)18(8-9-29-20)24-23(27)16-12-22(26)25(13-16)19-11-15(2)5-7-21(19)28-3/h4-7,10-11,16,18H,8-9,12-13H2,1-3H3,(H,24,27). The van der Waals surface area contributed by atoms with Crippen LogP contribution >= 0.6 is 0 Å². The van der Waals surface area contributed by atoms with Crippen LogP contribution in [0.15, 0.2) is 36.4 Å². The number of rotatable bonds is 4. The number of fused-ring (bicyclic) bond motifs is 1. The molecule has 0 radical (unpaired) electrons. The first-order valence-electron chi connectivity index (χ1n) is 9.95. The number of nitrogens with one attached hydrogen (secondary N) is 1. The zero-order valence-corrected chi connectivity index (χ0v) is 17.0. The van der Waals surface area contributed by atoms with Crippen molar-refractivity contribution < 1.29 is 19.1 Å². The van der Waals surface area contributed by atoms with Crippen molar-refractivity contribution in [2.45, 2.75) is 32.7 Å². The van der Waals surface area contributed by atoms with Crippen LogP contribution in [0.25, 0.3) is 0 Å². The Morgan fingerprint density at radius 2 is 1.93 bits per heavy atom. The van der Waals surface area contributed by atoms with Crippen LogP contribution in [-0.4, -0.2) is 32.1 Å². The number of hydrogen-bond acceptors (Lipinski definition) is 4. The van der Waals surface area contributed by atoms with Crippen LogP contribution in [0.1, 0.15) is 35.6 Å². The number of carbonyl (C=O) groups is 2. The number of benzene rings is 2. The van der Waals surface area contributed by atoms with Gasteiger partial charge in [-0.1, -0.05) is 23.8 Å². The Kier molecular flexibility index (Phi) is 5.18. The van der Waals surface area contributed by atoms with Crippen molar-refractivity contribution in [1.29, 1.82) is 0 Å². The number of carbonyl (C=O) groups excluding carboxylic acids is 2. The number of methoxy groups -OCH3 is 1. The second-order valence-electron chi connectivity index (χ2n) is 7.82. The van der Waals surface area contributed by atoms with E-state index in [4.69, 9.17) is 9.47 Å². The second-order valence-corrected chi connectivity index (χ2v) is 7.82. The third-order valence-corrected chi connectivity index (χ3v) is 5.64. The topological polar surface area (TPSA) is 67.9 Å². The number of anilines is 1. The molecular weight excluding hydrogens is 368 g/mol. The first-order chi connectivity index (χ1) is 14.0. The van der Waals surface area contributed by atoms with E-state index in [1.807, 2.05) is 44.2 Å². The molecule has 0 bridgehead atoms. The number of nitrogens with zero attached hydrogens (tertiary/aromatic N) is 1. The molecule has 1 N–H and O–H groups in total. The van der Waals surface area contributed by atoms with E-state index in [1.54, 1.807) is 12.0 Å². The molecule has 6 nitrogen and oxygen atoms in total. The lowest BCUT2D eigenvalue weighted by molar-refractivity contribution is -0.127. The summed E-state index contributed by atoms with van der Waals surface area (Å²) < 4.78 is 11.1. The molecule has 0 spiro atoms. The monoisotopic (exact) mass is 394 g/mol. The van der Waals surface area contributed by atoms with Crippen molar-refractivity contribution in [2.75, 3.05) is 25.2 Å². The molecule has 2 amide bonds. The molecule has 2 aliphatic rings. The lowest BCUT2D eigenvalue weighted by atomic mass is 9.97.